The fourth-order valence-corrected chi connectivity index (χ4v) is 2.96. The molecular formula is C16H16ClF3N4O2. The number of benzene rings is 1. The first-order valence-corrected chi connectivity index (χ1v) is 8.24. The van der Waals surface area contributed by atoms with Gasteiger partial charge in [0.25, 0.3) is 0 Å². The summed E-state index contributed by atoms with van der Waals surface area (Å²) in [5.41, 5.74) is 0.122. The van der Waals surface area contributed by atoms with E-state index in [0.29, 0.717) is 42.7 Å². The molecule has 1 N–H and O–H groups in total. The molecule has 1 saturated heterocycles. The van der Waals surface area contributed by atoms with Gasteiger partial charge in [-0.2, -0.15) is 18.3 Å². The molecule has 1 aliphatic heterocycles. The zero-order valence-electron chi connectivity index (χ0n) is 13.6. The first-order valence-electron chi connectivity index (χ1n) is 7.86. The number of para-hydroxylation sites is 1. The molecule has 1 aliphatic rings. The van der Waals surface area contributed by atoms with E-state index in [1.54, 1.807) is 18.2 Å². The number of rotatable bonds is 4. The van der Waals surface area contributed by atoms with Crippen LogP contribution in [0, 0.1) is 0 Å². The number of carbonyl (C=O) groups is 1. The Balaban J connectivity index is 1.73. The van der Waals surface area contributed by atoms with Crippen LogP contribution >= 0.6 is 11.6 Å². The lowest BCUT2D eigenvalue weighted by Gasteiger charge is -2.31. The van der Waals surface area contributed by atoms with E-state index >= 15 is 0 Å². The van der Waals surface area contributed by atoms with Gasteiger partial charge in [0.2, 0.25) is 5.91 Å². The molecule has 1 fully saturated rings. The Morgan fingerprint density at radius 2 is 2.00 bits per heavy atom. The smallest absolute Gasteiger partial charge is 0.378 e. The SMILES string of the molecule is O=C(Cn1ccc(C(F)(F)F)n1)Nc1cccc(Cl)c1N1CCOCC1. The predicted molar refractivity (Wildman–Crippen MR) is 90.3 cm³/mol. The largest absolute Gasteiger partial charge is 0.435 e. The van der Waals surface area contributed by atoms with Crippen molar-refractivity contribution in [3.63, 3.8) is 0 Å². The third kappa shape index (κ3) is 4.28. The topological polar surface area (TPSA) is 59.4 Å². The zero-order chi connectivity index (χ0) is 18.7. The van der Waals surface area contributed by atoms with Crippen LogP contribution in [0.2, 0.25) is 5.02 Å². The van der Waals surface area contributed by atoms with Crippen molar-refractivity contribution in [2.45, 2.75) is 12.7 Å². The molecule has 1 aromatic heterocycles. The number of hydrogen-bond acceptors (Lipinski definition) is 4. The number of nitrogens with zero attached hydrogens (tertiary/aromatic N) is 3. The van der Waals surface area contributed by atoms with Gasteiger partial charge in [0.05, 0.1) is 29.6 Å². The summed E-state index contributed by atoms with van der Waals surface area (Å²) >= 11 is 6.28. The fourth-order valence-electron chi connectivity index (χ4n) is 2.66. The Labute approximate surface area is 152 Å². The standard InChI is InChI=1S/C16H16ClF3N4O2/c17-11-2-1-3-12(15(11)23-6-8-26-9-7-23)21-14(25)10-24-5-4-13(22-24)16(18,19)20/h1-5H,6-10H2,(H,21,25). The number of aromatic nitrogens is 2. The number of ether oxygens (including phenoxy) is 1. The third-order valence-electron chi connectivity index (χ3n) is 3.82. The second-order valence-corrected chi connectivity index (χ2v) is 6.09. The first kappa shape index (κ1) is 18.5. The molecule has 3 rings (SSSR count). The molecule has 0 saturated carbocycles. The monoisotopic (exact) mass is 388 g/mol. The minimum atomic E-state index is -4.54. The molecule has 2 aromatic rings. The quantitative estimate of drug-likeness (QED) is 0.874. The van der Waals surface area contributed by atoms with Gasteiger partial charge in [0.1, 0.15) is 6.54 Å². The molecule has 1 aromatic carbocycles. The fraction of sp³-hybridized carbons (Fsp3) is 0.375. The van der Waals surface area contributed by atoms with E-state index < -0.39 is 17.8 Å². The van der Waals surface area contributed by atoms with Crippen LogP contribution in [0.1, 0.15) is 5.69 Å². The van der Waals surface area contributed by atoms with Gasteiger partial charge in [-0.3, -0.25) is 9.48 Å². The summed E-state index contributed by atoms with van der Waals surface area (Å²) in [6, 6.07) is 5.92. The van der Waals surface area contributed by atoms with E-state index in [-0.39, 0.29) is 6.54 Å². The van der Waals surface area contributed by atoms with Crippen LogP contribution in [0.5, 0.6) is 0 Å². The molecule has 2 heterocycles. The highest BCUT2D eigenvalue weighted by atomic mass is 35.5. The molecule has 140 valence electrons. The molecule has 0 atom stereocenters. The van der Waals surface area contributed by atoms with Gasteiger partial charge in [-0.1, -0.05) is 17.7 Å². The van der Waals surface area contributed by atoms with Crippen LogP contribution in [-0.2, 0) is 22.3 Å². The normalized spacial score (nSPS) is 15.2. The number of alkyl halides is 3. The lowest BCUT2D eigenvalue weighted by Crippen LogP contribution is -2.37. The van der Waals surface area contributed by atoms with Gasteiger partial charge in [0, 0.05) is 19.3 Å². The Morgan fingerprint density at radius 3 is 2.65 bits per heavy atom. The van der Waals surface area contributed by atoms with Crippen LogP contribution in [0.4, 0.5) is 24.5 Å². The van der Waals surface area contributed by atoms with E-state index in [2.05, 4.69) is 10.4 Å². The molecule has 0 radical (unpaired) electrons. The first-order chi connectivity index (χ1) is 12.3. The van der Waals surface area contributed by atoms with E-state index in [9.17, 15) is 18.0 Å². The molecule has 26 heavy (non-hydrogen) atoms. The molecule has 10 heteroatoms. The van der Waals surface area contributed by atoms with Crippen molar-refractivity contribution in [1.82, 2.24) is 9.78 Å². The number of anilines is 2. The maximum Gasteiger partial charge on any atom is 0.435 e. The van der Waals surface area contributed by atoms with Crippen LogP contribution in [0.3, 0.4) is 0 Å². The Bertz CT molecular complexity index is 788. The average molecular weight is 389 g/mol. The molecule has 1 amide bonds. The highest BCUT2D eigenvalue weighted by molar-refractivity contribution is 6.34. The third-order valence-corrected chi connectivity index (χ3v) is 4.13. The van der Waals surface area contributed by atoms with Gasteiger partial charge < -0.3 is 15.0 Å². The summed E-state index contributed by atoms with van der Waals surface area (Å²) in [7, 11) is 0. The Hall–Kier alpha value is -2.26. The average Bonchev–Trinajstić information content (AvgIpc) is 3.04. The summed E-state index contributed by atoms with van der Waals surface area (Å²) in [6.45, 7) is 2.00. The Morgan fingerprint density at radius 1 is 1.27 bits per heavy atom. The second-order valence-electron chi connectivity index (χ2n) is 5.68. The number of morpholine rings is 1. The second kappa shape index (κ2) is 7.55. The van der Waals surface area contributed by atoms with E-state index in [4.69, 9.17) is 16.3 Å². The molecule has 0 unspecified atom stereocenters. The number of hydrogen-bond donors (Lipinski definition) is 1. The Kier molecular flexibility index (Phi) is 5.38. The van der Waals surface area contributed by atoms with Crippen LogP contribution in [0.25, 0.3) is 0 Å². The molecule has 6 nitrogen and oxygen atoms in total. The highest BCUT2D eigenvalue weighted by Gasteiger charge is 2.33. The van der Waals surface area contributed by atoms with E-state index in [1.807, 2.05) is 4.90 Å². The van der Waals surface area contributed by atoms with Crippen molar-refractivity contribution in [2.75, 3.05) is 36.5 Å². The van der Waals surface area contributed by atoms with E-state index in [1.165, 1.54) is 0 Å². The van der Waals surface area contributed by atoms with Gasteiger partial charge >= 0.3 is 6.18 Å². The van der Waals surface area contributed by atoms with Crippen molar-refractivity contribution >= 4 is 28.9 Å². The molecular weight excluding hydrogens is 373 g/mol. The lowest BCUT2D eigenvalue weighted by molar-refractivity contribution is -0.141. The lowest BCUT2D eigenvalue weighted by atomic mass is 10.2. The van der Waals surface area contributed by atoms with Crippen molar-refractivity contribution in [2.24, 2.45) is 0 Å². The minimum absolute atomic E-state index is 0.342. The number of amides is 1. The summed E-state index contributed by atoms with van der Waals surface area (Å²) in [5.74, 6) is -0.501. The van der Waals surface area contributed by atoms with Crippen molar-refractivity contribution < 1.29 is 22.7 Å². The highest BCUT2D eigenvalue weighted by Crippen LogP contribution is 2.34. The maximum atomic E-state index is 12.6. The zero-order valence-corrected chi connectivity index (χ0v) is 14.3. The number of nitrogens with one attached hydrogen (secondary N) is 1. The summed E-state index contributed by atoms with van der Waals surface area (Å²) < 4.78 is 44.0. The van der Waals surface area contributed by atoms with Crippen molar-refractivity contribution in [1.29, 1.82) is 0 Å². The van der Waals surface area contributed by atoms with Crippen LogP contribution in [-0.4, -0.2) is 42.0 Å². The summed E-state index contributed by atoms with van der Waals surface area (Å²) in [6.07, 6.45) is -3.43. The molecule has 0 bridgehead atoms. The van der Waals surface area contributed by atoms with Gasteiger partial charge in [-0.05, 0) is 18.2 Å². The number of carbonyl (C=O) groups excluding carboxylic acids is 1. The van der Waals surface area contributed by atoms with Gasteiger partial charge in [0.15, 0.2) is 5.69 Å². The molecule has 0 spiro atoms. The molecule has 0 aliphatic carbocycles. The van der Waals surface area contributed by atoms with Gasteiger partial charge in [-0.25, -0.2) is 0 Å². The predicted octanol–water partition coefficient (Wildman–Crippen LogP) is 3.03. The van der Waals surface area contributed by atoms with E-state index in [0.717, 1.165) is 16.9 Å². The van der Waals surface area contributed by atoms with Crippen LogP contribution < -0.4 is 10.2 Å². The van der Waals surface area contributed by atoms with Crippen molar-refractivity contribution in [3.8, 4) is 0 Å². The summed E-state index contributed by atoms with van der Waals surface area (Å²) in [5, 5.41) is 6.54. The van der Waals surface area contributed by atoms with Crippen molar-refractivity contribution in [3.05, 3.63) is 41.2 Å². The van der Waals surface area contributed by atoms with Gasteiger partial charge in [-0.15, -0.1) is 0 Å². The maximum absolute atomic E-state index is 12.6. The minimum Gasteiger partial charge on any atom is -0.378 e. The number of halogens is 4. The van der Waals surface area contributed by atoms with Crippen LogP contribution in [0.15, 0.2) is 30.5 Å². The summed E-state index contributed by atoms with van der Waals surface area (Å²) in [4.78, 5) is 14.2.